The van der Waals surface area contributed by atoms with Gasteiger partial charge in [0.15, 0.2) is 11.5 Å². The molecule has 0 atom stereocenters. The van der Waals surface area contributed by atoms with Gasteiger partial charge < -0.3 is 9.47 Å². The molecule has 0 radical (unpaired) electrons. The molecule has 1 amide bonds. The topological polar surface area (TPSA) is 72.8 Å². The summed E-state index contributed by atoms with van der Waals surface area (Å²) in [7, 11) is 1.59. The number of nitrogens with one attached hydrogen (secondary N) is 1. The molecular formula is C31H24BrN3O3. The number of carbonyl (C=O) groups is 1. The predicted molar refractivity (Wildman–Crippen MR) is 154 cm³/mol. The molecule has 0 spiro atoms. The number of hydrogen-bond donors (Lipinski definition) is 1. The van der Waals surface area contributed by atoms with Crippen LogP contribution in [0.25, 0.3) is 22.2 Å². The highest BCUT2D eigenvalue weighted by atomic mass is 79.9. The van der Waals surface area contributed by atoms with E-state index in [1.165, 1.54) is 0 Å². The Bertz CT molecular complexity index is 1600. The Hall–Kier alpha value is -4.49. The maximum Gasteiger partial charge on any atom is 0.272 e. The van der Waals surface area contributed by atoms with Gasteiger partial charge in [-0.05, 0) is 42.0 Å². The molecule has 6 nitrogen and oxygen atoms in total. The van der Waals surface area contributed by atoms with Crippen LogP contribution in [0.4, 0.5) is 0 Å². The number of ether oxygens (including phenoxy) is 2. The zero-order valence-electron chi connectivity index (χ0n) is 20.6. The predicted octanol–water partition coefficient (Wildman–Crippen LogP) is 7.02. The lowest BCUT2D eigenvalue weighted by Gasteiger charge is -2.13. The molecule has 0 unspecified atom stereocenters. The lowest BCUT2D eigenvalue weighted by molar-refractivity contribution is 0.0956. The van der Waals surface area contributed by atoms with Gasteiger partial charge in [-0.2, -0.15) is 5.10 Å². The summed E-state index contributed by atoms with van der Waals surface area (Å²) >= 11 is 3.45. The highest BCUT2D eigenvalue weighted by Crippen LogP contribution is 2.31. The number of aromatic nitrogens is 1. The second kappa shape index (κ2) is 11.7. The number of para-hydroxylation sites is 2. The SMILES string of the molecule is COc1cccc(/C=N\NC(=O)c2cc(-c3ccccc3)nc3ccccc23)c1OCc1ccc(Br)cc1. The van der Waals surface area contributed by atoms with E-state index >= 15 is 0 Å². The van der Waals surface area contributed by atoms with Gasteiger partial charge in [-0.3, -0.25) is 4.79 Å². The Balaban J connectivity index is 1.39. The van der Waals surface area contributed by atoms with Gasteiger partial charge in [0.1, 0.15) is 6.61 Å². The Labute approximate surface area is 229 Å². The number of benzene rings is 4. The van der Waals surface area contributed by atoms with Crippen molar-refractivity contribution in [3.63, 3.8) is 0 Å². The van der Waals surface area contributed by atoms with E-state index in [2.05, 4.69) is 26.5 Å². The minimum atomic E-state index is -0.336. The molecule has 4 aromatic carbocycles. The molecule has 0 fully saturated rings. The van der Waals surface area contributed by atoms with Gasteiger partial charge in [-0.15, -0.1) is 0 Å². The Kier molecular flexibility index (Phi) is 7.75. The van der Waals surface area contributed by atoms with E-state index in [4.69, 9.17) is 14.5 Å². The normalized spacial score (nSPS) is 11.0. The first-order chi connectivity index (χ1) is 18.6. The van der Waals surface area contributed by atoms with E-state index < -0.39 is 0 Å². The summed E-state index contributed by atoms with van der Waals surface area (Å²) in [5.74, 6) is 0.777. The standard InChI is InChI=1S/C31H24BrN3O3/c1-37-29-13-7-10-23(30(29)38-20-21-14-16-24(32)17-15-21)19-33-35-31(36)26-18-28(22-8-3-2-4-9-22)34-27-12-6-5-11-25(26)27/h2-19H,20H2,1H3,(H,35,36)/b33-19-. The highest BCUT2D eigenvalue weighted by Gasteiger charge is 2.14. The first kappa shape index (κ1) is 25.2. The maximum atomic E-state index is 13.3. The third kappa shape index (κ3) is 5.74. The van der Waals surface area contributed by atoms with Crippen LogP contribution >= 0.6 is 15.9 Å². The Morgan fingerprint density at radius 1 is 0.947 bits per heavy atom. The zero-order valence-corrected chi connectivity index (χ0v) is 22.2. The number of halogens is 1. The van der Waals surface area contributed by atoms with E-state index in [1.54, 1.807) is 19.4 Å². The zero-order chi connectivity index (χ0) is 26.3. The van der Waals surface area contributed by atoms with Gasteiger partial charge in [-0.25, -0.2) is 10.4 Å². The second-order valence-corrected chi connectivity index (χ2v) is 9.35. The molecule has 1 N–H and O–H groups in total. The van der Waals surface area contributed by atoms with Crippen molar-refractivity contribution >= 4 is 39.0 Å². The number of fused-ring (bicyclic) bond motifs is 1. The lowest BCUT2D eigenvalue weighted by atomic mass is 10.0. The van der Waals surface area contributed by atoms with Crippen LogP contribution in [0.15, 0.2) is 113 Å². The van der Waals surface area contributed by atoms with Gasteiger partial charge in [0, 0.05) is 21.0 Å². The Morgan fingerprint density at radius 2 is 1.71 bits per heavy atom. The van der Waals surface area contributed by atoms with Crippen LogP contribution in [0, 0.1) is 0 Å². The first-order valence-electron chi connectivity index (χ1n) is 12.0. The van der Waals surface area contributed by atoms with Crippen molar-refractivity contribution in [2.45, 2.75) is 6.61 Å². The monoisotopic (exact) mass is 565 g/mol. The molecule has 0 saturated carbocycles. The van der Waals surface area contributed by atoms with Crippen LogP contribution in [0.3, 0.4) is 0 Å². The molecule has 0 aliphatic carbocycles. The molecule has 1 aromatic heterocycles. The third-order valence-corrected chi connectivity index (χ3v) is 6.45. The Morgan fingerprint density at radius 3 is 2.50 bits per heavy atom. The van der Waals surface area contributed by atoms with E-state index in [0.29, 0.717) is 29.2 Å². The molecule has 38 heavy (non-hydrogen) atoms. The molecule has 0 aliphatic rings. The van der Waals surface area contributed by atoms with Gasteiger partial charge in [0.25, 0.3) is 5.91 Å². The molecule has 0 bridgehead atoms. The second-order valence-electron chi connectivity index (χ2n) is 8.43. The van der Waals surface area contributed by atoms with Crippen molar-refractivity contribution in [3.05, 3.63) is 124 Å². The molecular weight excluding hydrogens is 542 g/mol. The van der Waals surface area contributed by atoms with E-state index in [0.717, 1.165) is 32.2 Å². The van der Waals surface area contributed by atoms with Crippen molar-refractivity contribution in [2.75, 3.05) is 7.11 Å². The van der Waals surface area contributed by atoms with Gasteiger partial charge in [-0.1, -0.05) is 82.7 Å². The fourth-order valence-electron chi connectivity index (χ4n) is 4.03. The molecule has 1 heterocycles. The molecule has 5 rings (SSSR count). The maximum absolute atomic E-state index is 13.3. The van der Waals surface area contributed by atoms with Crippen LogP contribution in [-0.4, -0.2) is 24.2 Å². The van der Waals surface area contributed by atoms with E-state index in [-0.39, 0.29) is 5.91 Å². The summed E-state index contributed by atoms with van der Waals surface area (Å²) in [5, 5.41) is 4.99. The summed E-state index contributed by atoms with van der Waals surface area (Å²) in [6, 6.07) is 32.5. The van der Waals surface area contributed by atoms with Crippen LogP contribution in [-0.2, 0) is 6.61 Å². The largest absolute Gasteiger partial charge is 0.493 e. The third-order valence-electron chi connectivity index (χ3n) is 5.93. The number of nitrogens with zero attached hydrogens (tertiary/aromatic N) is 2. The number of hydrogen-bond acceptors (Lipinski definition) is 5. The van der Waals surface area contributed by atoms with E-state index in [9.17, 15) is 4.79 Å². The lowest BCUT2D eigenvalue weighted by Crippen LogP contribution is -2.18. The molecule has 5 aromatic rings. The van der Waals surface area contributed by atoms with Crippen LogP contribution in [0.2, 0.25) is 0 Å². The van der Waals surface area contributed by atoms with Gasteiger partial charge >= 0.3 is 0 Å². The van der Waals surface area contributed by atoms with Crippen molar-refractivity contribution in [1.29, 1.82) is 0 Å². The molecule has 7 heteroatoms. The average molecular weight is 566 g/mol. The number of methoxy groups -OCH3 is 1. The van der Waals surface area contributed by atoms with Crippen LogP contribution in [0.1, 0.15) is 21.5 Å². The van der Waals surface area contributed by atoms with Crippen LogP contribution < -0.4 is 14.9 Å². The van der Waals surface area contributed by atoms with Gasteiger partial charge in [0.05, 0.1) is 30.1 Å². The van der Waals surface area contributed by atoms with Crippen molar-refractivity contribution < 1.29 is 14.3 Å². The number of rotatable bonds is 8. The summed E-state index contributed by atoms with van der Waals surface area (Å²) in [5.41, 5.74) is 7.22. The van der Waals surface area contributed by atoms with Crippen molar-refractivity contribution in [1.82, 2.24) is 10.4 Å². The van der Waals surface area contributed by atoms with Gasteiger partial charge in [0.2, 0.25) is 0 Å². The number of carbonyl (C=O) groups excluding carboxylic acids is 1. The van der Waals surface area contributed by atoms with Crippen molar-refractivity contribution in [3.8, 4) is 22.8 Å². The summed E-state index contributed by atoms with van der Waals surface area (Å²) < 4.78 is 12.6. The molecule has 0 saturated heterocycles. The smallest absolute Gasteiger partial charge is 0.272 e. The summed E-state index contributed by atoms with van der Waals surface area (Å²) in [6.07, 6.45) is 1.55. The summed E-state index contributed by atoms with van der Waals surface area (Å²) in [4.78, 5) is 18.0. The fraction of sp³-hybridized carbons (Fsp3) is 0.0645. The number of hydrazone groups is 1. The minimum absolute atomic E-state index is 0.336. The highest BCUT2D eigenvalue weighted by molar-refractivity contribution is 9.10. The first-order valence-corrected chi connectivity index (χ1v) is 12.7. The molecule has 0 aliphatic heterocycles. The summed E-state index contributed by atoms with van der Waals surface area (Å²) in [6.45, 7) is 0.353. The van der Waals surface area contributed by atoms with E-state index in [1.807, 2.05) is 97.1 Å². The fourth-order valence-corrected chi connectivity index (χ4v) is 4.29. The number of amides is 1. The minimum Gasteiger partial charge on any atom is -0.493 e. The molecule has 188 valence electrons. The quantitative estimate of drug-likeness (QED) is 0.162. The average Bonchev–Trinajstić information content (AvgIpc) is 2.97. The van der Waals surface area contributed by atoms with Crippen LogP contribution in [0.5, 0.6) is 11.5 Å². The number of pyridine rings is 1. The van der Waals surface area contributed by atoms with Crippen molar-refractivity contribution in [2.24, 2.45) is 5.10 Å².